The lowest BCUT2D eigenvalue weighted by Crippen LogP contribution is -2.40. The zero-order valence-corrected chi connectivity index (χ0v) is 14.7. The molecule has 0 saturated heterocycles. The molecular weight excluding hydrogens is 362 g/mol. The zero-order chi connectivity index (χ0) is 17.1. The van der Waals surface area contributed by atoms with Gasteiger partial charge < -0.3 is 10.4 Å². The summed E-state index contributed by atoms with van der Waals surface area (Å²) in [6.45, 7) is 5.57. The Morgan fingerprint density at radius 3 is 2.35 bits per heavy atom. The number of carboxylic acid groups (broad SMARTS) is 1. The standard InChI is InChI=1S/C16H18BrN3O3/c1-4-13(16(22)23)18-15(21)11-5-7-12(8-6-11)20-10(3)14(17)9(2)19-20/h5-8,13H,4H2,1-3H3,(H,18,21)(H,22,23). The van der Waals surface area contributed by atoms with Crippen molar-refractivity contribution in [3.8, 4) is 5.69 Å². The van der Waals surface area contributed by atoms with Gasteiger partial charge in [-0.2, -0.15) is 5.10 Å². The number of amides is 1. The average Bonchev–Trinajstić information content (AvgIpc) is 2.79. The van der Waals surface area contributed by atoms with Crippen molar-refractivity contribution in [3.05, 3.63) is 45.7 Å². The second kappa shape index (κ2) is 6.95. The normalized spacial score (nSPS) is 12.0. The third-order valence-corrected chi connectivity index (χ3v) is 4.74. The fourth-order valence-corrected chi connectivity index (χ4v) is 2.46. The fourth-order valence-electron chi connectivity index (χ4n) is 2.21. The van der Waals surface area contributed by atoms with Crippen LogP contribution in [0.5, 0.6) is 0 Å². The minimum atomic E-state index is -1.04. The van der Waals surface area contributed by atoms with Crippen LogP contribution in [0.25, 0.3) is 5.69 Å². The molecule has 1 aromatic heterocycles. The fraction of sp³-hybridized carbons (Fsp3) is 0.312. The van der Waals surface area contributed by atoms with E-state index in [1.54, 1.807) is 35.9 Å². The predicted octanol–water partition coefficient (Wildman–Crippen LogP) is 2.84. The van der Waals surface area contributed by atoms with Crippen LogP contribution in [0.2, 0.25) is 0 Å². The van der Waals surface area contributed by atoms with Crippen LogP contribution in [0.1, 0.15) is 35.1 Å². The monoisotopic (exact) mass is 379 g/mol. The number of hydrogen-bond acceptors (Lipinski definition) is 3. The van der Waals surface area contributed by atoms with Gasteiger partial charge in [0.25, 0.3) is 5.91 Å². The smallest absolute Gasteiger partial charge is 0.326 e. The van der Waals surface area contributed by atoms with Gasteiger partial charge >= 0.3 is 5.97 Å². The lowest BCUT2D eigenvalue weighted by molar-refractivity contribution is -0.139. The van der Waals surface area contributed by atoms with Crippen molar-refractivity contribution < 1.29 is 14.7 Å². The van der Waals surface area contributed by atoms with E-state index in [1.165, 1.54) is 0 Å². The van der Waals surface area contributed by atoms with E-state index in [9.17, 15) is 9.59 Å². The number of aromatic nitrogens is 2. The molecule has 2 rings (SSSR count). The molecule has 0 spiro atoms. The summed E-state index contributed by atoms with van der Waals surface area (Å²) in [6.07, 6.45) is 0.332. The lowest BCUT2D eigenvalue weighted by Gasteiger charge is -2.12. The summed E-state index contributed by atoms with van der Waals surface area (Å²) in [5.41, 5.74) is 3.10. The molecule has 0 bridgehead atoms. The topological polar surface area (TPSA) is 84.2 Å². The summed E-state index contributed by atoms with van der Waals surface area (Å²) in [5.74, 6) is -1.44. The van der Waals surface area contributed by atoms with Gasteiger partial charge in [-0.05, 0) is 60.5 Å². The van der Waals surface area contributed by atoms with Gasteiger partial charge in [-0.3, -0.25) is 4.79 Å². The second-order valence-corrected chi connectivity index (χ2v) is 6.01. The molecule has 2 aromatic rings. The minimum Gasteiger partial charge on any atom is -0.480 e. The van der Waals surface area contributed by atoms with Crippen LogP contribution < -0.4 is 5.32 Å². The Balaban J connectivity index is 2.20. The molecule has 0 aliphatic carbocycles. The predicted molar refractivity (Wildman–Crippen MR) is 89.9 cm³/mol. The third-order valence-electron chi connectivity index (χ3n) is 3.59. The Morgan fingerprint density at radius 1 is 1.30 bits per heavy atom. The first-order valence-electron chi connectivity index (χ1n) is 7.21. The Bertz CT molecular complexity index is 738. The van der Waals surface area contributed by atoms with E-state index in [1.807, 2.05) is 13.8 Å². The maximum absolute atomic E-state index is 12.1. The van der Waals surface area contributed by atoms with Gasteiger partial charge in [0.1, 0.15) is 6.04 Å². The summed E-state index contributed by atoms with van der Waals surface area (Å²) < 4.78 is 2.74. The largest absolute Gasteiger partial charge is 0.480 e. The molecule has 1 unspecified atom stereocenters. The highest BCUT2D eigenvalue weighted by Crippen LogP contribution is 2.23. The molecule has 0 radical (unpaired) electrons. The molecule has 1 aromatic carbocycles. The van der Waals surface area contributed by atoms with Crippen molar-refractivity contribution in [3.63, 3.8) is 0 Å². The van der Waals surface area contributed by atoms with Gasteiger partial charge in [0, 0.05) is 5.56 Å². The molecule has 0 aliphatic rings. The molecule has 1 atom stereocenters. The van der Waals surface area contributed by atoms with E-state index in [0.717, 1.165) is 21.5 Å². The van der Waals surface area contributed by atoms with E-state index in [0.29, 0.717) is 12.0 Å². The summed E-state index contributed by atoms with van der Waals surface area (Å²) in [6, 6.07) is 5.99. The van der Waals surface area contributed by atoms with Crippen LogP contribution in [0, 0.1) is 13.8 Å². The van der Waals surface area contributed by atoms with Gasteiger partial charge in [-0.1, -0.05) is 6.92 Å². The van der Waals surface area contributed by atoms with E-state index in [-0.39, 0.29) is 0 Å². The Morgan fingerprint density at radius 2 is 1.91 bits per heavy atom. The molecule has 1 heterocycles. The van der Waals surface area contributed by atoms with Crippen LogP contribution in [0.4, 0.5) is 0 Å². The number of carboxylic acids is 1. The van der Waals surface area contributed by atoms with Crippen LogP contribution in [-0.4, -0.2) is 32.8 Å². The van der Waals surface area contributed by atoms with E-state index >= 15 is 0 Å². The number of halogens is 1. The Kier molecular flexibility index (Phi) is 5.20. The first kappa shape index (κ1) is 17.2. The number of rotatable bonds is 5. The Hall–Kier alpha value is -2.15. The molecule has 2 N–H and O–H groups in total. The number of carbonyl (C=O) groups is 2. The SMILES string of the molecule is CCC(NC(=O)c1ccc(-n2nc(C)c(Br)c2C)cc1)C(=O)O. The van der Waals surface area contributed by atoms with Crippen LogP contribution in [0.15, 0.2) is 28.7 Å². The van der Waals surface area contributed by atoms with Crippen molar-refractivity contribution in [2.24, 2.45) is 0 Å². The van der Waals surface area contributed by atoms with Crippen LogP contribution in [0.3, 0.4) is 0 Å². The first-order chi connectivity index (χ1) is 10.8. The summed E-state index contributed by atoms with van der Waals surface area (Å²) >= 11 is 3.48. The van der Waals surface area contributed by atoms with Crippen molar-refractivity contribution in [1.82, 2.24) is 15.1 Å². The maximum atomic E-state index is 12.1. The quantitative estimate of drug-likeness (QED) is 0.836. The average molecular weight is 380 g/mol. The summed E-state index contributed by atoms with van der Waals surface area (Å²) in [5, 5.41) is 15.9. The molecule has 0 saturated carbocycles. The molecule has 1 amide bonds. The molecule has 0 aliphatic heterocycles. The van der Waals surface area contributed by atoms with E-state index in [4.69, 9.17) is 5.11 Å². The molecule has 7 heteroatoms. The van der Waals surface area contributed by atoms with E-state index in [2.05, 4.69) is 26.3 Å². The highest BCUT2D eigenvalue weighted by Gasteiger charge is 2.18. The van der Waals surface area contributed by atoms with Crippen molar-refractivity contribution in [1.29, 1.82) is 0 Å². The van der Waals surface area contributed by atoms with Gasteiger partial charge in [-0.25, -0.2) is 9.48 Å². The van der Waals surface area contributed by atoms with Gasteiger partial charge in [0.15, 0.2) is 0 Å². The number of nitrogens with one attached hydrogen (secondary N) is 1. The van der Waals surface area contributed by atoms with Crippen molar-refractivity contribution in [2.45, 2.75) is 33.2 Å². The zero-order valence-electron chi connectivity index (χ0n) is 13.1. The number of hydrogen-bond donors (Lipinski definition) is 2. The minimum absolute atomic E-state index is 0.332. The van der Waals surface area contributed by atoms with Crippen molar-refractivity contribution in [2.75, 3.05) is 0 Å². The molecule has 23 heavy (non-hydrogen) atoms. The molecule has 6 nitrogen and oxygen atoms in total. The van der Waals surface area contributed by atoms with Gasteiger partial charge in [0.2, 0.25) is 0 Å². The number of nitrogens with zero attached hydrogens (tertiary/aromatic N) is 2. The summed E-state index contributed by atoms with van der Waals surface area (Å²) in [7, 11) is 0. The number of aryl methyl sites for hydroxylation is 1. The Labute approximate surface area is 142 Å². The molecular formula is C16H18BrN3O3. The number of aliphatic carboxylic acids is 1. The lowest BCUT2D eigenvalue weighted by atomic mass is 10.1. The highest BCUT2D eigenvalue weighted by molar-refractivity contribution is 9.10. The number of carbonyl (C=O) groups excluding carboxylic acids is 1. The van der Waals surface area contributed by atoms with Gasteiger partial charge in [0.05, 0.1) is 21.5 Å². The molecule has 0 fully saturated rings. The van der Waals surface area contributed by atoms with Crippen LogP contribution >= 0.6 is 15.9 Å². The molecule has 122 valence electrons. The number of benzene rings is 1. The third kappa shape index (κ3) is 3.61. The highest BCUT2D eigenvalue weighted by atomic mass is 79.9. The second-order valence-electron chi connectivity index (χ2n) is 5.22. The maximum Gasteiger partial charge on any atom is 0.326 e. The van der Waals surface area contributed by atoms with E-state index < -0.39 is 17.9 Å². The first-order valence-corrected chi connectivity index (χ1v) is 8.00. The van der Waals surface area contributed by atoms with Gasteiger partial charge in [-0.15, -0.1) is 0 Å². The summed E-state index contributed by atoms with van der Waals surface area (Å²) in [4.78, 5) is 23.1. The van der Waals surface area contributed by atoms with Crippen LogP contribution in [-0.2, 0) is 4.79 Å². The van der Waals surface area contributed by atoms with Crippen molar-refractivity contribution >= 4 is 27.8 Å².